The lowest BCUT2D eigenvalue weighted by Gasteiger charge is -2.26. The monoisotopic (exact) mass is 795 g/mol. The van der Waals surface area contributed by atoms with E-state index in [9.17, 15) is 16.8 Å². The molecule has 46 heavy (non-hydrogen) atoms. The van der Waals surface area contributed by atoms with E-state index in [2.05, 4.69) is 67.5 Å². The summed E-state index contributed by atoms with van der Waals surface area (Å²) in [5, 5.41) is 3.53. The summed E-state index contributed by atoms with van der Waals surface area (Å²) in [4.78, 5) is 0. The van der Waals surface area contributed by atoms with Crippen LogP contribution in [0.2, 0.25) is 0 Å². The van der Waals surface area contributed by atoms with Crippen LogP contribution >= 0.6 is 31.9 Å². The molecule has 252 valence electrons. The molecule has 1 aliphatic heterocycles. The number of benzene rings is 3. The number of hydrogen-bond donors (Lipinski definition) is 1. The Labute approximate surface area is 293 Å². The van der Waals surface area contributed by atoms with Crippen molar-refractivity contribution in [3.8, 4) is 0 Å². The van der Waals surface area contributed by atoms with E-state index < -0.39 is 20.0 Å². The van der Waals surface area contributed by atoms with Gasteiger partial charge in [0, 0.05) is 48.2 Å². The molecule has 4 rings (SSSR count). The fraction of sp³-hybridized carbons (Fsp3) is 0.486. The molecular formula is C35H47Br2N3O4S2. The topological polar surface area (TPSA) is 86.8 Å². The standard InChI is InChI=1S/C35H47Br2N3O4S2/c1-25(2)6-8-45(41,42)39-21-30-11-27(5)10-28(12-30)19-38-20-29-13-31(16-34(36)15-29)22-40(46(43,44)9-7-26(3)4)24-33-14-32(23-39)17-35(37)18-33/h10-18,25-26,38H,6-9,19-24H2,1-5H3. The molecule has 7 nitrogen and oxygen atoms in total. The van der Waals surface area contributed by atoms with Gasteiger partial charge in [-0.3, -0.25) is 0 Å². The summed E-state index contributed by atoms with van der Waals surface area (Å²) in [6, 6.07) is 18.2. The zero-order valence-corrected chi connectivity index (χ0v) is 32.3. The van der Waals surface area contributed by atoms with Crippen molar-refractivity contribution in [2.24, 2.45) is 11.8 Å². The lowest BCUT2D eigenvalue weighted by atomic mass is 10.1. The number of halogens is 2. The van der Waals surface area contributed by atoms with Gasteiger partial charge in [-0.25, -0.2) is 16.8 Å². The van der Waals surface area contributed by atoms with Gasteiger partial charge in [0.15, 0.2) is 0 Å². The first-order valence-electron chi connectivity index (χ1n) is 15.9. The number of hydrogen-bond acceptors (Lipinski definition) is 5. The molecule has 1 heterocycles. The van der Waals surface area contributed by atoms with Gasteiger partial charge in [0.05, 0.1) is 11.5 Å². The maximum atomic E-state index is 13.8. The van der Waals surface area contributed by atoms with Crippen molar-refractivity contribution >= 4 is 51.9 Å². The van der Waals surface area contributed by atoms with Crippen molar-refractivity contribution in [3.05, 3.63) is 102 Å². The van der Waals surface area contributed by atoms with Gasteiger partial charge in [-0.1, -0.05) is 95.5 Å². The molecule has 6 bridgehead atoms. The third-order valence-electron chi connectivity index (χ3n) is 8.02. The predicted octanol–water partition coefficient (Wildman–Crippen LogP) is 7.88. The Hall–Kier alpha value is -1.60. The quantitative estimate of drug-likeness (QED) is 0.251. The van der Waals surface area contributed by atoms with Crippen molar-refractivity contribution in [3.63, 3.8) is 0 Å². The van der Waals surface area contributed by atoms with Gasteiger partial charge < -0.3 is 5.32 Å². The summed E-state index contributed by atoms with van der Waals surface area (Å²) in [6.07, 6.45) is 1.14. The highest BCUT2D eigenvalue weighted by molar-refractivity contribution is 9.10. The van der Waals surface area contributed by atoms with Crippen LogP contribution in [-0.4, -0.2) is 37.0 Å². The first kappa shape index (κ1) is 37.2. The number of aryl methyl sites for hydroxylation is 1. The molecule has 0 atom stereocenters. The Morgan fingerprint density at radius 3 is 1.33 bits per heavy atom. The molecule has 0 unspecified atom stereocenters. The van der Waals surface area contributed by atoms with E-state index >= 15 is 0 Å². The Bertz CT molecular complexity index is 1610. The molecular weight excluding hydrogens is 750 g/mol. The van der Waals surface area contributed by atoms with Crippen LogP contribution in [0.25, 0.3) is 0 Å². The van der Waals surface area contributed by atoms with Crippen LogP contribution < -0.4 is 5.32 Å². The Morgan fingerprint density at radius 1 is 0.587 bits per heavy atom. The fourth-order valence-corrected chi connectivity index (χ4v) is 10.3. The number of nitrogens with zero attached hydrogens (tertiary/aromatic N) is 2. The minimum absolute atomic E-state index is 0.0625. The summed E-state index contributed by atoms with van der Waals surface area (Å²) in [7, 11) is -7.19. The molecule has 0 saturated heterocycles. The van der Waals surface area contributed by atoms with E-state index in [1.807, 2.05) is 58.9 Å². The molecule has 0 radical (unpaired) electrons. The van der Waals surface area contributed by atoms with Crippen molar-refractivity contribution in [2.75, 3.05) is 11.5 Å². The van der Waals surface area contributed by atoms with Crippen LogP contribution in [0.15, 0.2) is 63.5 Å². The molecule has 3 aromatic rings. The highest BCUT2D eigenvalue weighted by Gasteiger charge is 2.26. The van der Waals surface area contributed by atoms with Crippen LogP contribution in [-0.2, 0) is 59.3 Å². The Morgan fingerprint density at radius 2 is 0.913 bits per heavy atom. The van der Waals surface area contributed by atoms with Gasteiger partial charge in [-0.15, -0.1) is 0 Å². The highest BCUT2D eigenvalue weighted by atomic mass is 79.9. The number of rotatable bonds is 8. The summed E-state index contributed by atoms with van der Waals surface area (Å²) in [6.45, 7) is 12.2. The lowest BCUT2D eigenvalue weighted by molar-refractivity contribution is 0.393. The first-order chi connectivity index (χ1) is 21.6. The second kappa shape index (κ2) is 16.2. The molecule has 0 aromatic heterocycles. The molecule has 0 aliphatic carbocycles. The smallest absolute Gasteiger partial charge is 0.214 e. The maximum Gasteiger partial charge on any atom is 0.214 e. The second-order valence-electron chi connectivity index (χ2n) is 13.4. The van der Waals surface area contributed by atoms with Gasteiger partial charge >= 0.3 is 0 Å². The van der Waals surface area contributed by atoms with Gasteiger partial charge in [-0.2, -0.15) is 8.61 Å². The SMILES string of the molecule is Cc1cc2cc(c1)CN(S(=O)(=O)CCC(C)C)Cc1cc(Br)cc(c1)CN(S(=O)(=O)CCC(C)C)Cc1cc(Br)cc(c1)CNC2. The van der Waals surface area contributed by atoms with Crippen molar-refractivity contribution in [1.29, 1.82) is 0 Å². The molecule has 1 N–H and O–H groups in total. The average Bonchev–Trinajstić information content (AvgIpc) is 2.93. The molecule has 0 fully saturated rings. The van der Waals surface area contributed by atoms with Crippen LogP contribution in [0.5, 0.6) is 0 Å². The Kier molecular flexibility index (Phi) is 13.1. The number of sulfonamides is 2. The summed E-state index contributed by atoms with van der Waals surface area (Å²) < 4.78 is 60.1. The van der Waals surface area contributed by atoms with Gasteiger partial charge in [0.1, 0.15) is 0 Å². The van der Waals surface area contributed by atoms with E-state index in [1.54, 1.807) is 8.61 Å². The predicted molar refractivity (Wildman–Crippen MR) is 195 cm³/mol. The van der Waals surface area contributed by atoms with Crippen molar-refractivity contribution in [2.45, 2.75) is 86.7 Å². The van der Waals surface area contributed by atoms with E-state index in [0.717, 1.165) is 47.9 Å². The summed E-state index contributed by atoms with van der Waals surface area (Å²) >= 11 is 7.28. The zero-order chi connectivity index (χ0) is 33.6. The van der Waals surface area contributed by atoms with Gasteiger partial charge in [-0.05, 0) is 89.2 Å². The zero-order valence-electron chi connectivity index (χ0n) is 27.5. The van der Waals surface area contributed by atoms with Crippen LogP contribution in [0.3, 0.4) is 0 Å². The second-order valence-corrected chi connectivity index (χ2v) is 19.4. The molecule has 0 spiro atoms. The van der Waals surface area contributed by atoms with Crippen LogP contribution in [0.1, 0.15) is 79.5 Å². The van der Waals surface area contributed by atoms with E-state index in [4.69, 9.17) is 0 Å². The molecule has 1 aliphatic rings. The number of fused-ring (bicyclic) bond motifs is 6. The van der Waals surface area contributed by atoms with E-state index in [-0.39, 0.29) is 49.5 Å². The fourth-order valence-electron chi connectivity index (χ4n) is 5.65. The number of nitrogens with one attached hydrogen (secondary N) is 1. The van der Waals surface area contributed by atoms with Crippen LogP contribution in [0.4, 0.5) is 0 Å². The molecule has 0 saturated carbocycles. The van der Waals surface area contributed by atoms with Gasteiger partial charge in [0.25, 0.3) is 0 Å². The summed E-state index contributed by atoms with van der Waals surface area (Å²) in [5.41, 5.74) is 6.65. The summed E-state index contributed by atoms with van der Waals surface area (Å²) in [5.74, 6) is 0.643. The minimum atomic E-state index is -3.60. The third kappa shape index (κ3) is 11.2. The molecule has 0 amide bonds. The van der Waals surface area contributed by atoms with E-state index in [0.29, 0.717) is 25.9 Å². The van der Waals surface area contributed by atoms with Gasteiger partial charge in [0.2, 0.25) is 20.0 Å². The highest BCUT2D eigenvalue weighted by Crippen LogP contribution is 2.26. The van der Waals surface area contributed by atoms with Crippen LogP contribution in [0, 0.1) is 18.8 Å². The lowest BCUT2D eigenvalue weighted by Crippen LogP contribution is -2.33. The normalized spacial score (nSPS) is 16.0. The first-order valence-corrected chi connectivity index (χ1v) is 20.7. The largest absolute Gasteiger partial charge is 0.309 e. The minimum Gasteiger partial charge on any atom is -0.309 e. The average molecular weight is 798 g/mol. The third-order valence-corrected chi connectivity index (χ3v) is 12.5. The van der Waals surface area contributed by atoms with Crippen molar-refractivity contribution in [1.82, 2.24) is 13.9 Å². The van der Waals surface area contributed by atoms with Crippen molar-refractivity contribution < 1.29 is 16.8 Å². The van der Waals surface area contributed by atoms with E-state index in [1.165, 1.54) is 0 Å². The molecule has 11 heteroatoms. The maximum absolute atomic E-state index is 13.8. The Balaban J connectivity index is 1.81. The molecule has 3 aromatic carbocycles.